The summed E-state index contributed by atoms with van der Waals surface area (Å²) in [5.41, 5.74) is 1.18. The van der Waals surface area contributed by atoms with Gasteiger partial charge in [-0.15, -0.1) is 0 Å². The van der Waals surface area contributed by atoms with Crippen molar-refractivity contribution in [2.45, 2.75) is 25.6 Å². The molecule has 1 aromatic rings. The van der Waals surface area contributed by atoms with Gasteiger partial charge in [0.15, 0.2) is 0 Å². The highest BCUT2D eigenvalue weighted by Crippen LogP contribution is 2.18. The lowest BCUT2D eigenvalue weighted by molar-refractivity contribution is 0.0109. The van der Waals surface area contributed by atoms with Crippen LogP contribution < -0.4 is 0 Å². The third-order valence-corrected chi connectivity index (χ3v) is 3.64. The average molecular weight is 264 g/mol. The molecule has 0 bridgehead atoms. The van der Waals surface area contributed by atoms with Crippen molar-refractivity contribution >= 4 is 6.09 Å². The second kappa shape index (κ2) is 6.04. The van der Waals surface area contributed by atoms with Crippen LogP contribution in [0.2, 0.25) is 0 Å². The Morgan fingerprint density at radius 1 is 1.32 bits per heavy atom. The molecule has 0 saturated carbocycles. The fourth-order valence-corrected chi connectivity index (χ4v) is 2.56. The Bertz CT molecular complexity index is 424. The zero-order valence-electron chi connectivity index (χ0n) is 11.1. The zero-order chi connectivity index (χ0) is 13.8. The van der Waals surface area contributed by atoms with Crippen LogP contribution in [0.3, 0.4) is 0 Å². The number of amides is 1. The van der Waals surface area contributed by atoms with Crippen molar-refractivity contribution < 1.29 is 15.0 Å². The Balaban J connectivity index is 2.06. The first kappa shape index (κ1) is 13.8. The summed E-state index contributed by atoms with van der Waals surface area (Å²) in [5.74, 6) is 0. The van der Waals surface area contributed by atoms with Gasteiger partial charge in [-0.2, -0.15) is 0 Å². The number of benzene rings is 1. The molecule has 1 heterocycles. The molecule has 19 heavy (non-hydrogen) atoms. The molecule has 1 aromatic carbocycles. The van der Waals surface area contributed by atoms with E-state index in [1.807, 2.05) is 37.3 Å². The normalized spacial score (nSPS) is 24.4. The van der Waals surface area contributed by atoms with Gasteiger partial charge in [0.2, 0.25) is 0 Å². The molecule has 1 aliphatic rings. The van der Waals surface area contributed by atoms with Gasteiger partial charge in [0.25, 0.3) is 0 Å². The van der Waals surface area contributed by atoms with Crippen molar-refractivity contribution in [3.8, 4) is 0 Å². The minimum absolute atomic E-state index is 0.0245. The lowest BCUT2D eigenvalue weighted by atomic mass is 10.1. The fourth-order valence-electron chi connectivity index (χ4n) is 2.56. The molecule has 2 rings (SSSR count). The highest BCUT2D eigenvalue weighted by Gasteiger charge is 2.33. The molecule has 1 saturated heterocycles. The van der Waals surface area contributed by atoms with Crippen molar-refractivity contribution in [2.24, 2.45) is 0 Å². The molecular formula is C14H20N2O3. The van der Waals surface area contributed by atoms with Gasteiger partial charge in [-0.1, -0.05) is 30.3 Å². The highest BCUT2D eigenvalue weighted by atomic mass is 16.4. The Hall–Kier alpha value is -1.59. The van der Waals surface area contributed by atoms with Crippen LogP contribution in [0, 0.1) is 0 Å². The van der Waals surface area contributed by atoms with E-state index in [1.165, 1.54) is 10.5 Å². The molecule has 104 valence electrons. The maximum absolute atomic E-state index is 11.1. The molecule has 2 N–H and O–H groups in total. The Morgan fingerprint density at radius 3 is 2.58 bits per heavy atom. The van der Waals surface area contributed by atoms with E-state index in [0.717, 1.165) is 6.54 Å². The van der Waals surface area contributed by atoms with Gasteiger partial charge in [-0.25, -0.2) is 4.79 Å². The van der Waals surface area contributed by atoms with E-state index in [2.05, 4.69) is 4.90 Å². The van der Waals surface area contributed by atoms with E-state index in [9.17, 15) is 9.90 Å². The summed E-state index contributed by atoms with van der Waals surface area (Å²) in [6, 6.07) is 9.85. The van der Waals surface area contributed by atoms with Crippen molar-refractivity contribution in [2.75, 3.05) is 19.7 Å². The number of aliphatic hydroxyl groups is 1. The standard InChI is InChI=1S/C14H20N2O3/c1-11-7-15(8-12-5-3-2-4-6-12)13(10-17)9-16(11)14(18)19/h2-6,11,13,17H,7-10H2,1H3,(H,18,19)/t11-,13-/m0/s1. The van der Waals surface area contributed by atoms with Gasteiger partial charge in [-0.05, 0) is 12.5 Å². The van der Waals surface area contributed by atoms with E-state index in [4.69, 9.17) is 5.11 Å². The van der Waals surface area contributed by atoms with E-state index < -0.39 is 6.09 Å². The first-order valence-electron chi connectivity index (χ1n) is 6.50. The molecular weight excluding hydrogens is 244 g/mol. The topological polar surface area (TPSA) is 64.0 Å². The predicted octanol–water partition coefficient (Wildman–Crippen LogP) is 1.23. The van der Waals surface area contributed by atoms with Crippen LogP contribution in [-0.2, 0) is 6.54 Å². The average Bonchev–Trinajstić information content (AvgIpc) is 2.39. The maximum Gasteiger partial charge on any atom is 0.407 e. The van der Waals surface area contributed by atoms with Crippen LogP contribution in [-0.4, -0.2) is 57.9 Å². The highest BCUT2D eigenvalue weighted by molar-refractivity contribution is 5.65. The predicted molar refractivity (Wildman–Crippen MR) is 71.9 cm³/mol. The number of rotatable bonds is 3. The molecule has 0 aromatic heterocycles. The number of hydrogen-bond donors (Lipinski definition) is 2. The SMILES string of the molecule is C[C@H]1CN(Cc2ccccc2)[C@H](CO)CN1C(=O)O. The molecule has 0 spiro atoms. The lowest BCUT2D eigenvalue weighted by Gasteiger charge is -2.43. The van der Waals surface area contributed by atoms with Gasteiger partial charge in [-0.3, -0.25) is 4.90 Å². The number of nitrogens with zero attached hydrogens (tertiary/aromatic N) is 2. The van der Waals surface area contributed by atoms with E-state index in [1.54, 1.807) is 0 Å². The number of aliphatic hydroxyl groups excluding tert-OH is 1. The molecule has 0 unspecified atom stereocenters. The molecule has 5 nitrogen and oxygen atoms in total. The first-order chi connectivity index (χ1) is 9.11. The van der Waals surface area contributed by atoms with E-state index >= 15 is 0 Å². The molecule has 1 aliphatic heterocycles. The first-order valence-corrected chi connectivity index (χ1v) is 6.50. The maximum atomic E-state index is 11.1. The van der Waals surface area contributed by atoms with Gasteiger partial charge in [0.05, 0.1) is 12.6 Å². The number of carbonyl (C=O) groups is 1. The molecule has 1 amide bonds. The Kier molecular flexibility index (Phi) is 4.39. The second-order valence-electron chi connectivity index (χ2n) is 5.04. The quantitative estimate of drug-likeness (QED) is 0.862. The summed E-state index contributed by atoms with van der Waals surface area (Å²) < 4.78 is 0. The van der Waals surface area contributed by atoms with Crippen LogP contribution in [0.25, 0.3) is 0 Å². The number of carboxylic acid groups (broad SMARTS) is 1. The van der Waals surface area contributed by atoms with Crippen LogP contribution in [0.15, 0.2) is 30.3 Å². The smallest absolute Gasteiger partial charge is 0.407 e. The van der Waals surface area contributed by atoms with E-state index in [-0.39, 0.29) is 18.7 Å². The van der Waals surface area contributed by atoms with Crippen molar-refractivity contribution in [3.63, 3.8) is 0 Å². The minimum atomic E-state index is -0.912. The fraction of sp³-hybridized carbons (Fsp3) is 0.500. The summed E-state index contributed by atoms with van der Waals surface area (Å²) in [5, 5.41) is 18.6. The van der Waals surface area contributed by atoms with Crippen LogP contribution in [0.4, 0.5) is 4.79 Å². The van der Waals surface area contributed by atoms with E-state index in [0.29, 0.717) is 13.1 Å². The monoisotopic (exact) mass is 264 g/mol. The third kappa shape index (κ3) is 3.24. The Labute approximate surface area is 113 Å². The Morgan fingerprint density at radius 2 is 2.00 bits per heavy atom. The molecule has 1 fully saturated rings. The van der Waals surface area contributed by atoms with Crippen LogP contribution >= 0.6 is 0 Å². The van der Waals surface area contributed by atoms with Crippen molar-refractivity contribution in [3.05, 3.63) is 35.9 Å². The summed E-state index contributed by atoms with van der Waals surface area (Å²) >= 11 is 0. The second-order valence-corrected chi connectivity index (χ2v) is 5.04. The largest absolute Gasteiger partial charge is 0.465 e. The summed E-state index contributed by atoms with van der Waals surface area (Å²) in [7, 11) is 0. The minimum Gasteiger partial charge on any atom is -0.465 e. The summed E-state index contributed by atoms with van der Waals surface area (Å²) in [6.45, 7) is 3.62. The van der Waals surface area contributed by atoms with Gasteiger partial charge >= 0.3 is 6.09 Å². The zero-order valence-corrected chi connectivity index (χ0v) is 11.1. The molecule has 0 radical (unpaired) electrons. The third-order valence-electron chi connectivity index (χ3n) is 3.64. The molecule has 2 atom stereocenters. The lowest BCUT2D eigenvalue weighted by Crippen LogP contribution is -2.59. The van der Waals surface area contributed by atoms with Crippen molar-refractivity contribution in [1.82, 2.24) is 9.80 Å². The van der Waals surface area contributed by atoms with Gasteiger partial charge in [0, 0.05) is 25.7 Å². The number of piperazine rings is 1. The van der Waals surface area contributed by atoms with Crippen molar-refractivity contribution in [1.29, 1.82) is 0 Å². The molecule has 5 heteroatoms. The van der Waals surface area contributed by atoms with Gasteiger partial charge < -0.3 is 15.1 Å². The van der Waals surface area contributed by atoms with Crippen LogP contribution in [0.1, 0.15) is 12.5 Å². The summed E-state index contributed by atoms with van der Waals surface area (Å²) in [6.07, 6.45) is -0.912. The number of hydrogen-bond acceptors (Lipinski definition) is 3. The van der Waals surface area contributed by atoms with Crippen LogP contribution in [0.5, 0.6) is 0 Å². The summed E-state index contributed by atoms with van der Waals surface area (Å²) in [4.78, 5) is 14.7. The van der Waals surface area contributed by atoms with Gasteiger partial charge in [0.1, 0.15) is 0 Å². The molecule has 0 aliphatic carbocycles.